The van der Waals surface area contributed by atoms with Crippen LogP contribution in [0.15, 0.2) is 0 Å². The molecular formula is C23H47NO4. The van der Waals surface area contributed by atoms with E-state index in [2.05, 4.69) is 26.3 Å². The Bertz CT molecular complexity index is 353. The summed E-state index contributed by atoms with van der Waals surface area (Å²) in [5.74, 6) is 3.55. The summed E-state index contributed by atoms with van der Waals surface area (Å²) in [5, 5.41) is 17.6. The minimum absolute atomic E-state index is 0.0913. The minimum atomic E-state index is 0.0913. The normalized spacial score (nSPS) is 24.0. The maximum absolute atomic E-state index is 8.95. The second kappa shape index (κ2) is 16.6. The summed E-state index contributed by atoms with van der Waals surface area (Å²) >= 11 is 0. The molecule has 28 heavy (non-hydrogen) atoms. The molecule has 0 radical (unpaired) electrons. The van der Waals surface area contributed by atoms with Crippen LogP contribution in [0.2, 0.25) is 0 Å². The van der Waals surface area contributed by atoms with E-state index >= 15 is 0 Å². The van der Waals surface area contributed by atoms with Crippen LogP contribution in [-0.2, 0) is 9.47 Å². The van der Waals surface area contributed by atoms with Gasteiger partial charge < -0.3 is 19.8 Å². The molecule has 5 nitrogen and oxygen atoms in total. The molecule has 0 aromatic heterocycles. The van der Waals surface area contributed by atoms with Gasteiger partial charge in [-0.25, -0.2) is 5.48 Å². The van der Waals surface area contributed by atoms with Crippen LogP contribution in [0.4, 0.5) is 0 Å². The number of hydroxylamine groups is 1. The SMILES string of the molecule is CC(C)CCCC(C)CCCC1CCC(COCCO)C(COCCNO)C1. The van der Waals surface area contributed by atoms with E-state index in [4.69, 9.17) is 19.8 Å². The predicted molar refractivity (Wildman–Crippen MR) is 115 cm³/mol. The Kier molecular flexibility index (Phi) is 15.3. The highest BCUT2D eigenvalue weighted by molar-refractivity contribution is 4.80. The molecule has 1 aliphatic carbocycles. The standard InChI is InChI=1S/C23H47NO4/c1-19(2)6-4-7-20(3)8-5-9-21-10-11-22(17-28-15-13-25)23(16-21)18-27-14-12-24-26/h19-26H,4-18H2,1-3H3. The van der Waals surface area contributed by atoms with E-state index in [9.17, 15) is 0 Å². The third kappa shape index (κ3) is 12.4. The average molecular weight is 402 g/mol. The van der Waals surface area contributed by atoms with E-state index in [-0.39, 0.29) is 6.61 Å². The van der Waals surface area contributed by atoms with Crippen LogP contribution in [0.1, 0.15) is 78.6 Å². The molecule has 0 spiro atoms. The van der Waals surface area contributed by atoms with E-state index in [1.807, 2.05) is 0 Å². The Morgan fingerprint density at radius 3 is 2.36 bits per heavy atom. The maximum Gasteiger partial charge on any atom is 0.0697 e. The zero-order valence-corrected chi connectivity index (χ0v) is 18.7. The molecule has 0 bridgehead atoms. The fraction of sp³-hybridized carbons (Fsp3) is 1.00. The average Bonchev–Trinajstić information content (AvgIpc) is 2.66. The number of aliphatic hydroxyl groups is 1. The molecule has 3 N–H and O–H groups in total. The first-order chi connectivity index (χ1) is 13.6. The Hall–Kier alpha value is -0.200. The second-order valence-electron chi connectivity index (χ2n) is 9.34. The predicted octanol–water partition coefficient (Wildman–Crippen LogP) is 4.66. The fourth-order valence-corrected chi connectivity index (χ4v) is 4.54. The van der Waals surface area contributed by atoms with Crippen molar-refractivity contribution in [2.45, 2.75) is 78.6 Å². The monoisotopic (exact) mass is 401 g/mol. The number of hydrogen-bond acceptors (Lipinski definition) is 5. The molecule has 1 saturated carbocycles. The van der Waals surface area contributed by atoms with Gasteiger partial charge >= 0.3 is 0 Å². The van der Waals surface area contributed by atoms with Crippen molar-refractivity contribution in [2.24, 2.45) is 29.6 Å². The van der Waals surface area contributed by atoms with Crippen LogP contribution in [0.3, 0.4) is 0 Å². The van der Waals surface area contributed by atoms with Gasteiger partial charge in [-0.1, -0.05) is 65.7 Å². The van der Waals surface area contributed by atoms with Gasteiger partial charge in [-0.05, 0) is 42.4 Å². The van der Waals surface area contributed by atoms with E-state index < -0.39 is 0 Å². The first-order valence-corrected chi connectivity index (χ1v) is 11.7. The Morgan fingerprint density at radius 2 is 1.64 bits per heavy atom. The van der Waals surface area contributed by atoms with Gasteiger partial charge in [-0.3, -0.25) is 0 Å². The molecular weight excluding hydrogens is 354 g/mol. The maximum atomic E-state index is 8.95. The largest absolute Gasteiger partial charge is 0.394 e. The van der Waals surface area contributed by atoms with E-state index in [1.54, 1.807) is 0 Å². The van der Waals surface area contributed by atoms with E-state index in [1.165, 1.54) is 57.8 Å². The summed E-state index contributed by atoms with van der Waals surface area (Å²) in [5.41, 5.74) is 2.15. The van der Waals surface area contributed by atoms with Gasteiger partial charge in [0.2, 0.25) is 0 Å². The number of aliphatic hydroxyl groups excluding tert-OH is 1. The Morgan fingerprint density at radius 1 is 0.929 bits per heavy atom. The van der Waals surface area contributed by atoms with Gasteiger partial charge in [0.25, 0.3) is 0 Å². The molecule has 0 saturated heterocycles. The molecule has 168 valence electrons. The van der Waals surface area contributed by atoms with Crippen LogP contribution in [-0.4, -0.2) is 49.9 Å². The van der Waals surface area contributed by atoms with Crippen molar-refractivity contribution in [3.63, 3.8) is 0 Å². The Labute approximate surface area is 173 Å². The number of rotatable bonds is 17. The zero-order valence-electron chi connectivity index (χ0n) is 18.7. The van der Waals surface area contributed by atoms with Crippen LogP contribution in [0.25, 0.3) is 0 Å². The van der Waals surface area contributed by atoms with Crippen LogP contribution in [0.5, 0.6) is 0 Å². The zero-order chi connectivity index (χ0) is 20.6. The van der Waals surface area contributed by atoms with Crippen molar-refractivity contribution in [2.75, 3.05) is 39.6 Å². The number of ether oxygens (including phenoxy) is 2. The molecule has 4 unspecified atom stereocenters. The molecule has 1 aliphatic rings. The Balaban J connectivity index is 2.30. The van der Waals surface area contributed by atoms with Crippen LogP contribution >= 0.6 is 0 Å². The number of nitrogens with one attached hydrogen (secondary N) is 1. The van der Waals surface area contributed by atoms with E-state index in [0.29, 0.717) is 31.6 Å². The van der Waals surface area contributed by atoms with Crippen LogP contribution in [0, 0.1) is 29.6 Å². The van der Waals surface area contributed by atoms with Crippen molar-refractivity contribution < 1.29 is 19.8 Å². The van der Waals surface area contributed by atoms with Crippen LogP contribution < -0.4 is 5.48 Å². The molecule has 0 aliphatic heterocycles. The molecule has 0 amide bonds. The first-order valence-electron chi connectivity index (χ1n) is 11.7. The highest BCUT2D eigenvalue weighted by atomic mass is 16.5. The van der Waals surface area contributed by atoms with Crippen molar-refractivity contribution in [1.29, 1.82) is 0 Å². The summed E-state index contributed by atoms with van der Waals surface area (Å²) < 4.78 is 11.4. The lowest BCUT2D eigenvalue weighted by Crippen LogP contribution is -2.32. The molecule has 5 heteroatoms. The molecule has 1 fully saturated rings. The van der Waals surface area contributed by atoms with Crippen molar-refractivity contribution in [3.05, 3.63) is 0 Å². The topological polar surface area (TPSA) is 71.0 Å². The van der Waals surface area contributed by atoms with Gasteiger partial charge in [0.15, 0.2) is 0 Å². The quantitative estimate of drug-likeness (QED) is 0.244. The molecule has 0 aromatic rings. The first kappa shape index (κ1) is 25.8. The third-order valence-electron chi connectivity index (χ3n) is 6.29. The summed E-state index contributed by atoms with van der Waals surface area (Å²) in [6.45, 7) is 10.1. The molecule has 4 atom stereocenters. The summed E-state index contributed by atoms with van der Waals surface area (Å²) in [6, 6.07) is 0. The molecule has 1 rings (SSSR count). The molecule has 0 heterocycles. The van der Waals surface area contributed by atoms with E-state index in [0.717, 1.165) is 31.0 Å². The fourth-order valence-electron chi connectivity index (χ4n) is 4.54. The van der Waals surface area contributed by atoms with Crippen molar-refractivity contribution in [3.8, 4) is 0 Å². The van der Waals surface area contributed by atoms with Crippen molar-refractivity contribution in [1.82, 2.24) is 5.48 Å². The molecule has 0 aromatic carbocycles. The summed E-state index contributed by atoms with van der Waals surface area (Å²) in [4.78, 5) is 0. The van der Waals surface area contributed by atoms with Gasteiger partial charge in [-0.15, -0.1) is 0 Å². The van der Waals surface area contributed by atoms with Gasteiger partial charge in [0, 0.05) is 19.8 Å². The summed E-state index contributed by atoms with van der Waals surface area (Å²) in [7, 11) is 0. The summed E-state index contributed by atoms with van der Waals surface area (Å²) in [6.07, 6.45) is 11.9. The number of hydrogen-bond donors (Lipinski definition) is 3. The smallest absolute Gasteiger partial charge is 0.0697 e. The van der Waals surface area contributed by atoms with Crippen molar-refractivity contribution >= 4 is 0 Å². The second-order valence-corrected chi connectivity index (χ2v) is 9.34. The van der Waals surface area contributed by atoms with Gasteiger partial charge in [0.05, 0.1) is 19.8 Å². The lowest BCUT2D eigenvalue weighted by atomic mass is 9.73. The highest BCUT2D eigenvalue weighted by Crippen LogP contribution is 2.37. The third-order valence-corrected chi connectivity index (χ3v) is 6.29. The van der Waals surface area contributed by atoms with Gasteiger partial charge in [0.1, 0.15) is 0 Å². The lowest BCUT2D eigenvalue weighted by Gasteiger charge is -2.36. The minimum Gasteiger partial charge on any atom is -0.394 e. The lowest BCUT2D eigenvalue weighted by molar-refractivity contribution is -0.00919. The highest BCUT2D eigenvalue weighted by Gasteiger charge is 2.30. The van der Waals surface area contributed by atoms with Gasteiger partial charge in [-0.2, -0.15) is 0 Å².